The van der Waals surface area contributed by atoms with Gasteiger partial charge in [0.2, 0.25) is 0 Å². The molecule has 0 aliphatic carbocycles. The Morgan fingerprint density at radius 3 is 3.12 bits per heavy atom. The number of likely N-dealkylation sites (N-methyl/N-ethyl adjacent to an activating group) is 1. The maximum atomic E-state index is 5.74. The van der Waals surface area contributed by atoms with Crippen LogP contribution >= 0.6 is 0 Å². The molecule has 2 atom stereocenters. The molecule has 3 heteroatoms. The molecule has 1 saturated heterocycles. The monoisotopic (exact) mass is 226 g/mol. The van der Waals surface area contributed by atoms with Crippen molar-refractivity contribution in [1.29, 1.82) is 0 Å². The van der Waals surface area contributed by atoms with Crippen LogP contribution in [0, 0.1) is 0 Å². The molecule has 1 heterocycles. The summed E-state index contributed by atoms with van der Waals surface area (Å²) in [6.07, 6.45) is 4.59. The van der Waals surface area contributed by atoms with Gasteiger partial charge < -0.3 is 10.1 Å². The van der Waals surface area contributed by atoms with Gasteiger partial charge in [-0.15, -0.1) is 6.58 Å². The smallest absolute Gasteiger partial charge is 0.0826 e. The summed E-state index contributed by atoms with van der Waals surface area (Å²) in [6, 6.07) is 0.554. The predicted molar refractivity (Wildman–Crippen MR) is 68.7 cm³/mol. The highest BCUT2D eigenvalue weighted by Crippen LogP contribution is 2.05. The number of allylic oxidation sites excluding steroid dienone is 1. The average Bonchev–Trinajstić information content (AvgIpc) is 2.34. The van der Waals surface area contributed by atoms with Crippen molar-refractivity contribution in [2.75, 3.05) is 32.8 Å². The number of nitrogens with zero attached hydrogens (tertiary/aromatic N) is 1. The zero-order chi connectivity index (χ0) is 11.8. The average molecular weight is 226 g/mol. The van der Waals surface area contributed by atoms with Gasteiger partial charge in [-0.25, -0.2) is 0 Å². The number of ether oxygens (including phenoxy) is 1. The molecule has 0 bridgehead atoms. The number of hydrogen-bond acceptors (Lipinski definition) is 3. The first-order chi connectivity index (χ1) is 7.76. The fourth-order valence-electron chi connectivity index (χ4n) is 1.99. The molecule has 94 valence electrons. The summed E-state index contributed by atoms with van der Waals surface area (Å²) >= 11 is 0. The number of rotatable bonds is 7. The molecule has 3 nitrogen and oxygen atoms in total. The normalized spacial score (nSPS) is 24.2. The summed E-state index contributed by atoms with van der Waals surface area (Å²) in [5, 5.41) is 3.53. The lowest BCUT2D eigenvalue weighted by Crippen LogP contribution is -2.47. The van der Waals surface area contributed by atoms with E-state index in [2.05, 4.69) is 30.6 Å². The third-order valence-electron chi connectivity index (χ3n) is 3.17. The van der Waals surface area contributed by atoms with E-state index in [4.69, 9.17) is 4.74 Å². The minimum Gasteiger partial charge on any atom is -0.374 e. The van der Waals surface area contributed by atoms with Crippen LogP contribution in [-0.2, 0) is 4.74 Å². The standard InChI is InChI=1S/C13H26N2O/c1-4-6-7-12(3)14-10-13-11-15(5-2)8-9-16-13/h4,12-14H,1,5-11H2,2-3H3. The first kappa shape index (κ1) is 13.7. The largest absolute Gasteiger partial charge is 0.374 e. The van der Waals surface area contributed by atoms with Gasteiger partial charge in [0, 0.05) is 25.7 Å². The minimum absolute atomic E-state index is 0.361. The third-order valence-corrected chi connectivity index (χ3v) is 3.17. The summed E-state index contributed by atoms with van der Waals surface area (Å²) in [4.78, 5) is 2.45. The van der Waals surface area contributed by atoms with Crippen LogP contribution in [0.15, 0.2) is 12.7 Å². The van der Waals surface area contributed by atoms with E-state index in [0.717, 1.165) is 45.6 Å². The summed E-state index contributed by atoms with van der Waals surface area (Å²) in [6.45, 7) is 13.3. The Balaban J connectivity index is 2.13. The second kappa shape index (κ2) is 7.82. The minimum atomic E-state index is 0.361. The highest BCUT2D eigenvalue weighted by molar-refractivity contribution is 4.76. The molecule has 0 aromatic rings. The SMILES string of the molecule is C=CCCC(C)NCC1CN(CC)CCO1. The van der Waals surface area contributed by atoms with Crippen LogP contribution < -0.4 is 5.32 Å². The molecule has 16 heavy (non-hydrogen) atoms. The first-order valence-corrected chi connectivity index (χ1v) is 6.44. The third kappa shape index (κ3) is 5.10. The molecular weight excluding hydrogens is 200 g/mol. The maximum Gasteiger partial charge on any atom is 0.0826 e. The Hall–Kier alpha value is -0.380. The molecule has 0 saturated carbocycles. The van der Waals surface area contributed by atoms with Gasteiger partial charge in [0.25, 0.3) is 0 Å². The molecule has 0 aromatic carbocycles. The molecular formula is C13H26N2O. The molecule has 2 unspecified atom stereocenters. The molecule has 1 aliphatic heterocycles. The van der Waals surface area contributed by atoms with E-state index >= 15 is 0 Å². The molecule has 0 spiro atoms. The van der Waals surface area contributed by atoms with Gasteiger partial charge in [0.15, 0.2) is 0 Å². The first-order valence-electron chi connectivity index (χ1n) is 6.44. The Kier molecular flexibility index (Phi) is 6.69. The number of nitrogens with one attached hydrogen (secondary N) is 1. The van der Waals surface area contributed by atoms with Gasteiger partial charge in [0.05, 0.1) is 12.7 Å². The summed E-state index contributed by atoms with van der Waals surface area (Å²) in [7, 11) is 0. The predicted octanol–water partition coefficient (Wildman–Crippen LogP) is 1.65. The Morgan fingerprint density at radius 1 is 1.62 bits per heavy atom. The van der Waals surface area contributed by atoms with Crippen molar-refractivity contribution >= 4 is 0 Å². The fourth-order valence-corrected chi connectivity index (χ4v) is 1.99. The molecule has 0 amide bonds. The lowest BCUT2D eigenvalue weighted by atomic mass is 10.1. The van der Waals surface area contributed by atoms with Crippen LogP contribution in [0.4, 0.5) is 0 Å². The molecule has 1 fully saturated rings. The van der Waals surface area contributed by atoms with Crippen molar-refractivity contribution < 1.29 is 4.74 Å². The second-order valence-electron chi connectivity index (χ2n) is 4.56. The quantitative estimate of drug-likeness (QED) is 0.668. The Bertz CT molecular complexity index is 196. The van der Waals surface area contributed by atoms with Crippen LogP contribution in [-0.4, -0.2) is 49.8 Å². The van der Waals surface area contributed by atoms with Crippen molar-refractivity contribution in [1.82, 2.24) is 10.2 Å². The maximum absolute atomic E-state index is 5.74. The van der Waals surface area contributed by atoms with Crippen molar-refractivity contribution in [2.24, 2.45) is 0 Å². The van der Waals surface area contributed by atoms with Crippen LogP contribution in [0.25, 0.3) is 0 Å². The van der Waals surface area contributed by atoms with Gasteiger partial charge >= 0.3 is 0 Å². The van der Waals surface area contributed by atoms with E-state index in [1.54, 1.807) is 0 Å². The zero-order valence-electron chi connectivity index (χ0n) is 10.7. The lowest BCUT2D eigenvalue weighted by molar-refractivity contribution is -0.0262. The molecule has 0 radical (unpaired) electrons. The lowest BCUT2D eigenvalue weighted by Gasteiger charge is -2.32. The number of morpholine rings is 1. The van der Waals surface area contributed by atoms with Crippen molar-refractivity contribution in [3.8, 4) is 0 Å². The zero-order valence-corrected chi connectivity index (χ0v) is 10.7. The van der Waals surface area contributed by atoms with Gasteiger partial charge in [-0.3, -0.25) is 4.90 Å². The Morgan fingerprint density at radius 2 is 2.44 bits per heavy atom. The van der Waals surface area contributed by atoms with E-state index in [1.165, 1.54) is 0 Å². The van der Waals surface area contributed by atoms with Gasteiger partial charge in [-0.1, -0.05) is 13.0 Å². The van der Waals surface area contributed by atoms with E-state index < -0.39 is 0 Å². The molecule has 1 aliphatic rings. The van der Waals surface area contributed by atoms with Crippen molar-refractivity contribution in [3.05, 3.63) is 12.7 Å². The number of hydrogen-bond donors (Lipinski definition) is 1. The summed E-state index contributed by atoms with van der Waals surface area (Å²) in [5.41, 5.74) is 0. The van der Waals surface area contributed by atoms with Crippen LogP contribution in [0.1, 0.15) is 26.7 Å². The van der Waals surface area contributed by atoms with E-state index in [0.29, 0.717) is 12.1 Å². The van der Waals surface area contributed by atoms with E-state index in [9.17, 15) is 0 Å². The van der Waals surface area contributed by atoms with Crippen LogP contribution in [0.2, 0.25) is 0 Å². The van der Waals surface area contributed by atoms with E-state index in [1.807, 2.05) is 6.08 Å². The van der Waals surface area contributed by atoms with Gasteiger partial charge in [-0.2, -0.15) is 0 Å². The summed E-state index contributed by atoms with van der Waals surface area (Å²) in [5.74, 6) is 0. The molecule has 1 N–H and O–H groups in total. The van der Waals surface area contributed by atoms with Crippen molar-refractivity contribution in [3.63, 3.8) is 0 Å². The van der Waals surface area contributed by atoms with E-state index in [-0.39, 0.29) is 0 Å². The van der Waals surface area contributed by atoms with Gasteiger partial charge in [-0.05, 0) is 26.3 Å². The van der Waals surface area contributed by atoms with Crippen molar-refractivity contribution in [2.45, 2.75) is 38.8 Å². The fraction of sp³-hybridized carbons (Fsp3) is 0.846. The summed E-state index contributed by atoms with van der Waals surface area (Å²) < 4.78 is 5.74. The topological polar surface area (TPSA) is 24.5 Å². The van der Waals surface area contributed by atoms with Crippen LogP contribution in [0.3, 0.4) is 0 Å². The van der Waals surface area contributed by atoms with Gasteiger partial charge in [0.1, 0.15) is 0 Å². The molecule has 1 rings (SSSR count). The molecule has 0 aromatic heterocycles. The Labute approximate surface area is 99.8 Å². The highest BCUT2D eigenvalue weighted by Gasteiger charge is 2.19. The second-order valence-corrected chi connectivity index (χ2v) is 4.56. The van der Waals surface area contributed by atoms with Crippen LogP contribution in [0.5, 0.6) is 0 Å². The highest BCUT2D eigenvalue weighted by atomic mass is 16.5.